The summed E-state index contributed by atoms with van der Waals surface area (Å²) in [4.78, 5) is 25.6. The molecule has 2 amide bonds. The third-order valence-electron chi connectivity index (χ3n) is 1.71. The first-order chi connectivity index (χ1) is 6.61. The van der Waals surface area contributed by atoms with E-state index >= 15 is 0 Å². The molecular weight excluding hydrogens is 182 g/mol. The van der Waals surface area contributed by atoms with E-state index in [1.165, 1.54) is 6.20 Å². The first kappa shape index (κ1) is 10.2. The number of aryl methyl sites for hydroxylation is 1. The Balaban J connectivity index is 2.70. The minimum atomic E-state index is -0.570. The molecule has 14 heavy (non-hydrogen) atoms. The Hall–Kier alpha value is -1.91. The fourth-order valence-corrected chi connectivity index (χ4v) is 0.964. The zero-order valence-electron chi connectivity index (χ0n) is 7.78. The van der Waals surface area contributed by atoms with Gasteiger partial charge in [-0.25, -0.2) is 0 Å². The van der Waals surface area contributed by atoms with Crippen molar-refractivity contribution in [3.63, 3.8) is 0 Å². The summed E-state index contributed by atoms with van der Waals surface area (Å²) in [6.45, 7) is 1.63. The van der Waals surface area contributed by atoms with Crippen molar-refractivity contribution in [3.8, 4) is 0 Å². The third kappa shape index (κ3) is 2.55. The van der Waals surface area contributed by atoms with Crippen LogP contribution in [0.1, 0.15) is 15.9 Å². The number of rotatable bonds is 3. The smallest absolute Gasteiger partial charge is 0.253 e. The van der Waals surface area contributed by atoms with E-state index in [2.05, 4.69) is 10.3 Å². The first-order valence-electron chi connectivity index (χ1n) is 4.08. The standard InChI is InChI=1S/C9H11N3O2/c1-6-2-3-11-4-7(6)9(14)12-5-8(10)13/h2-4H,5H2,1H3,(H2,10,13)(H,12,14). The zero-order chi connectivity index (χ0) is 10.6. The van der Waals surface area contributed by atoms with Crippen molar-refractivity contribution < 1.29 is 9.59 Å². The Morgan fingerprint density at radius 2 is 2.29 bits per heavy atom. The minimum Gasteiger partial charge on any atom is -0.368 e. The Bertz CT molecular complexity index is 363. The van der Waals surface area contributed by atoms with E-state index in [-0.39, 0.29) is 12.5 Å². The van der Waals surface area contributed by atoms with Crippen LogP contribution in [0.15, 0.2) is 18.5 Å². The van der Waals surface area contributed by atoms with Gasteiger partial charge in [0.15, 0.2) is 0 Å². The summed E-state index contributed by atoms with van der Waals surface area (Å²) in [5.41, 5.74) is 6.15. The Morgan fingerprint density at radius 3 is 2.86 bits per heavy atom. The summed E-state index contributed by atoms with van der Waals surface area (Å²) in [6.07, 6.45) is 3.05. The normalized spacial score (nSPS) is 9.50. The highest BCUT2D eigenvalue weighted by atomic mass is 16.2. The van der Waals surface area contributed by atoms with E-state index in [1.54, 1.807) is 19.2 Å². The number of hydrogen-bond donors (Lipinski definition) is 2. The molecule has 0 saturated heterocycles. The van der Waals surface area contributed by atoms with Crippen molar-refractivity contribution >= 4 is 11.8 Å². The van der Waals surface area contributed by atoms with Gasteiger partial charge in [-0.15, -0.1) is 0 Å². The maximum Gasteiger partial charge on any atom is 0.253 e. The van der Waals surface area contributed by atoms with Gasteiger partial charge < -0.3 is 11.1 Å². The van der Waals surface area contributed by atoms with Crippen LogP contribution >= 0.6 is 0 Å². The van der Waals surface area contributed by atoms with Gasteiger partial charge >= 0.3 is 0 Å². The van der Waals surface area contributed by atoms with Gasteiger partial charge in [-0.3, -0.25) is 14.6 Å². The molecule has 5 heteroatoms. The van der Waals surface area contributed by atoms with Crippen LogP contribution in [0, 0.1) is 6.92 Å². The molecule has 0 spiro atoms. The summed E-state index contributed by atoms with van der Waals surface area (Å²) in [6, 6.07) is 1.72. The van der Waals surface area contributed by atoms with Crippen molar-refractivity contribution in [2.75, 3.05) is 6.54 Å². The van der Waals surface area contributed by atoms with Gasteiger partial charge in [-0.1, -0.05) is 0 Å². The lowest BCUT2D eigenvalue weighted by molar-refractivity contribution is -0.117. The number of pyridine rings is 1. The number of nitrogens with zero attached hydrogens (tertiary/aromatic N) is 1. The molecule has 0 aliphatic rings. The number of amides is 2. The Labute approximate surface area is 81.3 Å². The fourth-order valence-electron chi connectivity index (χ4n) is 0.964. The number of nitrogens with two attached hydrogens (primary N) is 1. The number of carbonyl (C=O) groups is 2. The number of nitrogens with one attached hydrogen (secondary N) is 1. The van der Waals surface area contributed by atoms with Crippen LogP contribution in [0.25, 0.3) is 0 Å². The molecule has 1 rings (SSSR count). The van der Waals surface area contributed by atoms with Crippen LogP contribution in [0.2, 0.25) is 0 Å². The van der Waals surface area contributed by atoms with E-state index in [1.807, 2.05) is 0 Å². The molecule has 0 aromatic carbocycles. The maximum absolute atomic E-state index is 11.4. The molecule has 1 heterocycles. The average molecular weight is 193 g/mol. The van der Waals surface area contributed by atoms with Crippen molar-refractivity contribution in [3.05, 3.63) is 29.6 Å². The van der Waals surface area contributed by atoms with E-state index in [4.69, 9.17) is 5.73 Å². The van der Waals surface area contributed by atoms with Crippen LogP contribution in [-0.2, 0) is 4.79 Å². The lowest BCUT2D eigenvalue weighted by Gasteiger charge is -2.04. The second-order valence-corrected chi connectivity index (χ2v) is 2.84. The van der Waals surface area contributed by atoms with E-state index in [0.29, 0.717) is 5.56 Å². The summed E-state index contributed by atoms with van der Waals surface area (Å²) in [7, 11) is 0. The average Bonchev–Trinajstić information content (AvgIpc) is 2.15. The van der Waals surface area contributed by atoms with Gasteiger partial charge in [-0.05, 0) is 18.6 Å². The Morgan fingerprint density at radius 1 is 1.57 bits per heavy atom. The zero-order valence-corrected chi connectivity index (χ0v) is 7.78. The number of hydrogen-bond acceptors (Lipinski definition) is 3. The number of primary amides is 1. The summed E-state index contributed by atoms with van der Waals surface area (Å²) < 4.78 is 0. The van der Waals surface area contributed by atoms with E-state index < -0.39 is 5.91 Å². The molecule has 0 unspecified atom stereocenters. The summed E-state index contributed by atoms with van der Waals surface area (Å²) >= 11 is 0. The van der Waals surface area contributed by atoms with Crippen LogP contribution < -0.4 is 11.1 Å². The minimum absolute atomic E-state index is 0.160. The second-order valence-electron chi connectivity index (χ2n) is 2.84. The second kappa shape index (κ2) is 4.36. The van der Waals surface area contributed by atoms with Crippen molar-refractivity contribution in [1.29, 1.82) is 0 Å². The summed E-state index contributed by atoms with van der Waals surface area (Å²) in [5, 5.41) is 2.39. The largest absolute Gasteiger partial charge is 0.368 e. The number of aromatic nitrogens is 1. The first-order valence-corrected chi connectivity index (χ1v) is 4.08. The van der Waals surface area contributed by atoms with Gasteiger partial charge in [0, 0.05) is 12.4 Å². The molecule has 0 aliphatic carbocycles. The van der Waals surface area contributed by atoms with Crippen molar-refractivity contribution in [1.82, 2.24) is 10.3 Å². The van der Waals surface area contributed by atoms with Crippen molar-refractivity contribution in [2.45, 2.75) is 6.92 Å². The molecule has 0 atom stereocenters. The molecule has 0 radical (unpaired) electrons. The lowest BCUT2D eigenvalue weighted by Crippen LogP contribution is -2.33. The lowest BCUT2D eigenvalue weighted by atomic mass is 10.1. The molecule has 0 fully saturated rings. The number of carbonyl (C=O) groups excluding carboxylic acids is 2. The Kier molecular flexibility index (Phi) is 3.17. The van der Waals surface area contributed by atoms with Gasteiger partial charge in [0.05, 0.1) is 12.1 Å². The molecule has 3 N–H and O–H groups in total. The quantitative estimate of drug-likeness (QED) is 0.685. The molecular formula is C9H11N3O2. The van der Waals surface area contributed by atoms with Crippen LogP contribution in [0.5, 0.6) is 0 Å². The van der Waals surface area contributed by atoms with E-state index in [0.717, 1.165) is 5.56 Å². The molecule has 1 aromatic heterocycles. The van der Waals surface area contributed by atoms with E-state index in [9.17, 15) is 9.59 Å². The predicted molar refractivity (Wildman–Crippen MR) is 50.5 cm³/mol. The van der Waals surface area contributed by atoms with Crippen LogP contribution in [-0.4, -0.2) is 23.3 Å². The van der Waals surface area contributed by atoms with Gasteiger partial charge in [-0.2, -0.15) is 0 Å². The molecule has 5 nitrogen and oxygen atoms in total. The third-order valence-corrected chi connectivity index (χ3v) is 1.71. The van der Waals surface area contributed by atoms with Gasteiger partial charge in [0.1, 0.15) is 0 Å². The molecule has 74 valence electrons. The van der Waals surface area contributed by atoms with Gasteiger partial charge in [0.25, 0.3) is 5.91 Å². The highest BCUT2D eigenvalue weighted by Crippen LogP contribution is 2.03. The molecule has 0 bridgehead atoms. The molecule has 1 aromatic rings. The SMILES string of the molecule is Cc1ccncc1C(=O)NCC(N)=O. The summed E-state index contributed by atoms with van der Waals surface area (Å²) in [5.74, 6) is -0.908. The highest BCUT2D eigenvalue weighted by Gasteiger charge is 2.08. The molecule has 0 saturated carbocycles. The van der Waals surface area contributed by atoms with Gasteiger partial charge in [0.2, 0.25) is 5.91 Å². The maximum atomic E-state index is 11.4. The van der Waals surface area contributed by atoms with Crippen molar-refractivity contribution in [2.24, 2.45) is 5.73 Å². The highest BCUT2D eigenvalue weighted by molar-refractivity contribution is 5.97. The van der Waals surface area contributed by atoms with Crippen LogP contribution in [0.4, 0.5) is 0 Å². The predicted octanol–water partition coefficient (Wildman–Crippen LogP) is -0.395. The molecule has 0 aliphatic heterocycles. The monoisotopic (exact) mass is 193 g/mol. The van der Waals surface area contributed by atoms with Crippen LogP contribution in [0.3, 0.4) is 0 Å². The topological polar surface area (TPSA) is 85.1 Å². The fraction of sp³-hybridized carbons (Fsp3) is 0.222.